The number of carbonyl (C=O) groups is 1. The summed E-state index contributed by atoms with van der Waals surface area (Å²) in [6.07, 6.45) is 2.04. The highest BCUT2D eigenvalue weighted by atomic mass is 16.2. The van der Waals surface area contributed by atoms with E-state index in [1.165, 1.54) is 0 Å². The number of aliphatic imine (C=N–C) groups is 1. The lowest BCUT2D eigenvalue weighted by molar-refractivity contribution is -0.118. The Morgan fingerprint density at radius 1 is 1.18 bits per heavy atom. The van der Waals surface area contributed by atoms with Crippen molar-refractivity contribution in [1.29, 1.82) is 0 Å². The molecular weight excluding hydrogens is 278 g/mol. The van der Waals surface area contributed by atoms with Crippen molar-refractivity contribution in [3.63, 3.8) is 0 Å². The van der Waals surface area contributed by atoms with Gasteiger partial charge < -0.3 is 9.47 Å². The minimum absolute atomic E-state index is 0.00510. The highest BCUT2D eigenvalue weighted by Crippen LogP contribution is 2.33. The molecule has 1 aromatic heterocycles. The van der Waals surface area contributed by atoms with Gasteiger partial charge in [-0.3, -0.25) is 10.1 Å². The third-order valence-corrected chi connectivity index (χ3v) is 4.11. The molecule has 0 radical (unpaired) electrons. The summed E-state index contributed by atoms with van der Waals surface area (Å²) in [5, 5.41) is 2.80. The van der Waals surface area contributed by atoms with Gasteiger partial charge in [-0.25, -0.2) is 9.98 Å². The molecule has 0 spiro atoms. The van der Waals surface area contributed by atoms with Gasteiger partial charge in [0.2, 0.25) is 11.9 Å². The molecule has 2 aliphatic heterocycles. The van der Waals surface area contributed by atoms with Crippen molar-refractivity contribution in [1.82, 2.24) is 19.8 Å². The summed E-state index contributed by atoms with van der Waals surface area (Å²) < 4.78 is 2.09. The molecule has 1 amide bonds. The van der Waals surface area contributed by atoms with E-state index in [9.17, 15) is 4.79 Å². The van der Waals surface area contributed by atoms with E-state index in [2.05, 4.69) is 38.9 Å². The number of carbonyl (C=O) groups excluding carboxylic acids is 1. The number of imidazole rings is 1. The second-order valence-electron chi connectivity index (χ2n) is 5.91. The Morgan fingerprint density at radius 3 is 2.73 bits per heavy atom. The smallest absolute Gasteiger partial charge is 0.246 e. The van der Waals surface area contributed by atoms with Gasteiger partial charge in [0.25, 0.3) is 0 Å². The second kappa shape index (κ2) is 4.43. The van der Waals surface area contributed by atoms with Crippen molar-refractivity contribution in [2.24, 2.45) is 4.99 Å². The third-order valence-electron chi connectivity index (χ3n) is 4.11. The molecule has 0 aliphatic carbocycles. The van der Waals surface area contributed by atoms with Gasteiger partial charge in [0.15, 0.2) is 0 Å². The van der Waals surface area contributed by atoms with Gasteiger partial charge in [0.1, 0.15) is 12.4 Å². The van der Waals surface area contributed by atoms with E-state index in [1.807, 2.05) is 24.9 Å². The topological polar surface area (TPSA) is 62.5 Å². The molecule has 4 rings (SSSR count). The summed E-state index contributed by atoms with van der Waals surface area (Å²) in [6.45, 7) is 7.13. The van der Waals surface area contributed by atoms with E-state index in [-0.39, 0.29) is 5.91 Å². The minimum Gasteiger partial charge on any atom is -0.329 e. The summed E-state index contributed by atoms with van der Waals surface area (Å²) in [5.41, 5.74) is 5.30. The van der Waals surface area contributed by atoms with Crippen LogP contribution in [-0.2, 0) is 11.3 Å². The van der Waals surface area contributed by atoms with E-state index in [0.717, 1.165) is 34.0 Å². The normalized spacial score (nSPS) is 16.2. The molecular formula is C16H17N5O. The van der Waals surface area contributed by atoms with E-state index < -0.39 is 0 Å². The van der Waals surface area contributed by atoms with Crippen LogP contribution in [0.25, 0.3) is 5.69 Å². The van der Waals surface area contributed by atoms with Gasteiger partial charge in [-0.1, -0.05) is 0 Å². The van der Waals surface area contributed by atoms with Crippen LogP contribution in [0.5, 0.6) is 0 Å². The maximum absolute atomic E-state index is 11.5. The summed E-state index contributed by atoms with van der Waals surface area (Å²) in [4.78, 5) is 22.6. The lowest BCUT2D eigenvalue weighted by atomic mass is 10.0. The number of nitrogens with zero attached hydrogens (tertiary/aromatic N) is 4. The fourth-order valence-corrected chi connectivity index (χ4v) is 3.16. The Kier molecular flexibility index (Phi) is 2.63. The zero-order valence-corrected chi connectivity index (χ0v) is 12.8. The fraction of sp³-hybridized carbons (Fsp3) is 0.312. The van der Waals surface area contributed by atoms with Crippen molar-refractivity contribution < 1.29 is 4.79 Å². The molecule has 2 aromatic rings. The Morgan fingerprint density at radius 2 is 2.00 bits per heavy atom. The number of guanidine groups is 1. The average molecular weight is 295 g/mol. The van der Waals surface area contributed by atoms with Crippen LogP contribution in [0, 0.1) is 20.8 Å². The first-order chi connectivity index (χ1) is 10.5. The summed E-state index contributed by atoms with van der Waals surface area (Å²) in [7, 11) is 0. The third kappa shape index (κ3) is 1.91. The molecule has 0 bridgehead atoms. The molecule has 22 heavy (non-hydrogen) atoms. The molecule has 0 unspecified atom stereocenters. The number of nitrogens with one attached hydrogen (secondary N) is 1. The van der Waals surface area contributed by atoms with Crippen LogP contribution >= 0.6 is 0 Å². The monoisotopic (exact) mass is 295 g/mol. The van der Waals surface area contributed by atoms with Crippen LogP contribution in [0.1, 0.15) is 22.6 Å². The molecule has 112 valence electrons. The van der Waals surface area contributed by atoms with Crippen molar-refractivity contribution in [3.8, 4) is 5.69 Å². The zero-order valence-electron chi connectivity index (χ0n) is 12.8. The Bertz CT molecular complexity index is 833. The number of aryl methyl sites for hydroxylation is 3. The van der Waals surface area contributed by atoms with Gasteiger partial charge in [-0.15, -0.1) is 0 Å². The van der Waals surface area contributed by atoms with E-state index in [4.69, 9.17) is 0 Å². The zero-order chi connectivity index (χ0) is 15.4. The van der Waals surface area contributed by atoms with Gasteiger partial charge >= 0.3 is 0 Å². The summed E-state index contributed by atoms with van der Waals surface area (Å²) in [6, 6.07) is 4.25. The predicted octanol–water partition coefficient (Wildman–Crippen LogP) is 1.73. The molecule has 6 heteroatoms. The highest BCUT2D eigenvalue weighted by molar-refractivity contribution is 6.06. The first-order valence-electron chi connectivity index (χ1n) is 7.31. The molecule has 1 fully saturated rings. The van der Waals surface area contributed by atoms with Gasteiger partial charge in [0.05, 0.1) is 11.4 Å². The summed E-state index contributed by atoms with van der Waals surface area (Å²) in [5.74, 6) is 1.64. The van der Waals surface area contributed by atoms with Crippen LogP contribution in [0.3, 0.4) is 0 Å². The molecule has 0 atom stereocenters. The number of benzene rings is 1. The van der Waals surface area contributed by atoms with Crippen molar-refractivity contribution in [2.45, 2.75) is 27.3 Å². The number of hydrogen-bond donors (Lipinski definition) is 1. The Balaban J connectivity index is 1.82. The SMILES string of the molecule is Cc1cn(-c2cc(C)c3c(c2)CN2CC(=O)NC2=N3)c(C)n1. The standard InChI is InChI=1S/C16H17N5O/c1-9-4-13(21-6-10(2)17-11(21)3)5-12-7-20-8-14(22)18-16(20)19-15(9)12/h4-6H,7-8H2,1-3H3,(H,18,19,22). The minimum atomic E-state index is 0.00510. The number of fused-ring (bicyclic) bond motifs is 2. The fourth-order valence-electron chi connectivity index (χ4n) is 3.16. The maximum atomic E-state index is 11.5. The maximum Gasteiger partial charge on any atom is 0.246 e. The van der Waals surface area contributed by atoms with Crippen molar-refractivity contribution >= 4 is 17.6 Å². The molecule has 1 N–H and O–H groups in total. The quantitative estimate of drug-likeness (QED) is 0.871. The molecule has 3 heterocycles. The van der Waals surface area contributed by atoms with Crippen LogP contribution in [0.4, 0.5) is 5.69 Å². The van der Waals surface area contributed by atoms with Crippen LogP contribution < -0.4 is 5.32 Å². The molecule has 6 nitrogen and oxygen atoms in total. The van der Waals surface area contributed by atoms with Gasteiger partial charge in [-0.05, 0) is 44.0 Å². The first kappa shape index (κ1) is 13.1. The number of aromatic nitrogens is 2. The van der Waals surface area contributed by atoms with Gasteiger partial charge in [0, 0.05) is 18.4 Å². The molecule has 1 saturated heterocycles. The van der Waals surface area contributed by atoms with Crippen molar-refractivity contribution in [3.05, 3.63) is 41.0 Å². The first-order valence-corrected chi connectivity index (χ1v) is 7.31. The number of amides is 1. The average Bonchev–Trinajstić information content (AvgIpc) is 2.97. The van der Waals surface area contributed by atoms with Crippen molar-refractivity contribution in [2.75, 3.05) is 6.54 Å². The lowest BCUT2D eigenvalue weighted by Gasteiger charge is -2.24. The van der Waals surface area contributed by atoms with E-state index >= 15 is 0 Å². The van der Waals surface area contributed by atoms with Crippen LogP contribution in [0.15, 0.2) is 23.3 Å². The molecule has 0 saturated carbocycles. The number of hydrogen-bond acceptors (Lipinski definition) is 4. The van der Waals surface area contributed by atoms with Crippen LogP contribution in [-0.4, -0.2) is 32.9 Å². The summed E-state index contributed by atoms with van der Waals surface area (Å²) >= 11 is 0. The van der Waals surface area contributed by atoms with Gasteiger partial charge in [-0.2, -0.15) is 0 Å². The predicted molar refractivity (Wildman–Crippen MR) is 83.4 cm³/mol. The van der Waals surface area contributed by atoms with E-state index in [0.29, 0.717) is 19.0 Å². The largest absolute Gasteiger partial charge is 0.329 e. The number of rotatable bonds is 1. The molecule has 1 aromatic carbocycles. The highest BCUT2D eigenvalue weighted by Gasteiger charge is 2.29. The lowest BCUT2D eigenvalue weighted by Crippen LogP contribution is -2.32. The van der Waals surface area contributed by atoms with Crippen LogP contribution in [0.2, 0.25) is 0 Å². The Labute approximate surface area is 128 Å². The molecule has 2 aliphatic rings. The second-order valence-corrected chi connectivity index (χ2v) is 5.91. The Hall–Kier alpha value is -2.63. The van der Waals surface area contributed by atoms with E-state index in [1.54, 1.807) is 0 Å².